The Bertz CT molecular complexity index is 385. The zero-order valence-electron chi connectivity index (χ0n) is 11.8. The monoisotopic (exact) mass is 260 g/mol. The summed E-state index contributed by atoms with van der Waals surface area (Å²) in [5.41, 5.74) is 1.27. The van der Waals surface area contributed by atoms with E-state index in [1.165, 1.54) is 12.0 Å². The maximum Gasteiger partial charge on any atom is 0.236 e. The number of piperidine rings is 1. The van der Waals surface area contributed by atoms with Crippen molar-refractivity contribution < 1.29 is 4.79 Å². The van der Waals surface area contributed by atoms with E-state index in [1.807, 2.05) is 11.0 Å². The number of carbonyl (C=O) groups is 1. The number of benzene rings is 1. The molecule has 1 aromatic rings. The molecule has 0 aliphatic carbocycles. The van der Waals surface area contributed by atoms with Gasteiger partial charge in [0.05, 0.1) is 6.54 Å². The van der Waals surface area contributed by atoms with Crippen LogP contribution in [-0.4, -0.2) is 41.9 Å². The summed E-state index contributed by atoms with van der Waals surface area (Å²) in [5, 5.41) is 0. The molecular weight excluding hydrogens is 236 g/mol. The number of likely N-dealkylation sites (tertiary alicyclic amines) is 1. The molecule has 3 nitrogen and oxygen atoms in total. The second kappa shape index (κ2) is 7.29. The molecule has 3 heteroatoms. The van der Waals surface area contributed by atoms with Gasteiger partial charge in [-0.1, -0.05) is 37.3 Å². The second-order valence-corrected chi connectivity index (χ2v) is 5.23. The molecule has 0 radical (unpaired) electrons. The van der Waals surface area contributed by atoms with E-state index in [-0.39, 0.29) is 5.91 Å². The first kappa shape index (κ1) is 14.1. The predicted octanol–water partition coefficient (Wildman–Crippen LogP) is 2.52. The molecule has 0 N–H and O–H groups in total. The van der Waals surface area contributed by atoms with Crippen molar-refractivity contribution in [2.24, 2.45) is 0 Å². The molecule has 1 fully saturated rings. The van der Waals surface area contributed by atoms with Gasteiger partial charge in [0, 0.05) is 19.6 Å². The van der Waals surface area contributed by atoms with Crippen molar-refractivity contribution in [3.63, 3.8) is 0 Å². The van der Waals surface area contributed by atoms with Gasteiger partial charge in [0.1, 0.15) is 0 Å². The summed E-state index contributed by atoms with van der Waals surface area (Å²) in [6, 6.07) is 10.4. The van der Waals surface area contributed by atoms with Crippen LogP contribution in [-0.2, 0) is 11.3 Å². The summed E-state index contributed by atoms with van der Waals surface area (Å²) in [4.78, 5) is 16.5. The third kappa shape index (κ3) is 4.35. The number of rotatable bonds is 5. The molecule has 0 aromatic heterocycles. The van der Waals surface area contributed by atoms with Gasteiger partial charge in [-0.05, 0) is 31.4 Å². The fourth-order valence-corrected chi connectivity index (χ4v) is 2.56. The lowest BCUT2D eigenvalue weighted by Crippen LogP contribution is -2.42. The average Bonchev–Trinajstić information content (AvgIpc) is 2.48. The molecule has 1 aliphatic heterocycles. The van der Waals surface area contributed by atoms with Gasteiger partial charge in [-0.15, -0.1) is 0 Å². The van der Waals surface area contributed by atoms with E-state index in [2.05, 4.69) is 36.1 Å². The maximum absolute atomic E-state index is 12.2. The smallest absolute Gasteiger partial charge is 0.236 e. The van der Waals surface area contributed by atoms with Crippen molar-refractivity contribution in [1.29, 1.82) is 0 Å². The Kier molecular flexibility index (Phi) is 5.40. The Morgan fingerprint density at radius 3 is 2.47 bits per heavy atom. The van der Waals surface area contributed by atoms with Crippen LogP contribution >= 0.6 is 0 Å². The molecule has 0 atom stereocenters. The van der Waals surface area contributed by atoms with Gasteiger partial charge < -0.3 is 4.90 Å². The van der Waals surface area contributed by atoms with Crippen molar-refractivity contribution in [2.75, 3.05) is 26.2 Å². The molecule has 0 bridgehead atoms. The number of carbonyl (C=O) groups excluding carboxylic acids is 1. The van der Waals surface area contributed by atoms with Crippen LogP contribution in [0, 0.1) is 0 Å². The summed E-state index contributed by atoms with van der Waals surface area (Å²) in [6.07, 6.45) is 3.60. The van der Waals surface area contributed by atoms with E-state index in [1.54, 1.807) is 0 Å². The first-order chi connectivity index (χ1) is 9.29. The van der Waals surface area contributed by atoms with Gasteiger partial charge in [0.2, 0.25) is 5.91 Å². The summed E-state index contributed by atoms with van der Waals surface area (Å²) in [7, 11) is 0. The summed E-state index contributed by atoms with van der Waals surface area (Å²) in [5.74, 6) is 0.289. The molecule has 0 unspecified atom stereocenters. The first-order valence-corrected chi connectivity index (χ1v) is 7.33. The number of amides is 1. The van der Waals surface area contributed by atoms with E-state index < -0.39 is 0 Å². The third-order valence-electron chi connectivity index (χ3n) is 3.76. The number of nitrogens with zero attached hydrogens (tertiary/aromatic N) is 2. The van der Waals surface area contributed by atoms with Crippen LogP contribution in [0.3, 0.4) is 0 Å². The van der Waals surface area contributed by atoms with E-state index >= 15 is 0 Å². The quantitative estimate of drug-likeness (QED) is 0.812. The van der Waals surface area contributed by atoms with Crippen LogP contribution in [0.1, 0.15) is 31.7 Å². The highest BCUT2D eigenvalue weighted by atomic mass is 16.2. The van der Waals surface area contributed by atoms with Gasteiger partial charge >= 0.3 is 0 Å². The highest BCUT2D eigenvalue weighted by Crippen LogP contribution is 2.10. The van der Waals surface area contributed by atoms with Crippen molar-refractivity contribution >= 4 is 5.91 Å². The van der Waals surface area contributed by atoms with E-state index in [0.717, 1.165) is 39.0 Å². The number of hydrogen-bond acceptors (Lipinski definition) is 2. The van der Waals surface area contributed by atoms with Crippen molar-refractivity contribution in [2.45, 2.75) is 32.7 Å². The summed E-state index contributed by atoms with van der Waals surface area (Å²) < 4.78 is 0. The molecule has 104 valence electrons. The van der Waals surface area contributed by atoms with Crippen LogP contribution in [0.4, 0.5) is 0 Å². The zero-order chi connectivity index (χ0) is 13.5. The Morgan fingerprint density at radius 1 is 1.16 bits per heavy atom. The average molecular weight is 260 g/mol. The molecule has 2 rings (SSSR count). The fraction of sp³-hybridized carbons (Fsp3) is 0.562. The Hall–Kier alpha value is -1.35. The minimum atomic E-state index is 0.289. The van der Waals surface area contributed by atoms with Crippen LogP contribution in [0.2, 0.25) is 0 Å². The van der Waals surface area contributed by atoms with Gasteiger partial charge in [-0.2, -0.15) is 0 Å². The highest BCUT2D eigenvalue weighted by Gasteiger charge is 2.18. The molecule has 0 saturated carbocycles. The van der Waals surface area contributed by atoms with Gasteiger partial charge in [-0.3, -0.25) is 9.69 Å². The molecule has 1 amide bonds. The van der Waals surface area contributed by atoms with Crippen molar-refractivity contribution in [1.82, 2.24) is 9.80 Å². The topological polar surface area (TPSA) is 23.6 Å². The van der Waals surface area contributed by atoms with E-state index in [9.17, 15) is 4.79 Å². The minimum Gasteiger partial charge on any atom is -0.342 e. The summed E-state index contributed by atoms with van der Waals surface area (Å²) >= 11 is 0. The minimum absolute atomic E-state index is 0.289. The molecule has 1 aromatic carbocycles. The number of hydrogen-bond donors (Lipinski definition) is 0. The van der Waals surface area contributed by atoms with Crippen molar-refractivity contribution in [3.05, 3.63) is 35.9 Å². The Balaban J connectivity index is 1.86. The largest absolute Gasteiger partial charge is 0.342 e. The lowest BCUT2D eigenvalue weighted by atomic mass is 10.1. The van der Waals surface area contributed by atoms with Gasteiger partial charge in [-0.25, -0.2) is 0 Å². The molecule has 19 heavy (non-hydrogen) atoms. The molecule has 1 saturated heterocycles. The van der Waals surface area contributed by atoms with Crippen LogP contribution < -0.4 is 0 Å². The second-order valence-electron chi connectivity index (χ2n) is 5.23. The molecule has 1 heterocycles. The first-order valence-electron chi connectivity index (χ1n) is 7.33. The predicted molar refractivity (Wildman–Crippen MR) is 77.8 cm³/mol. The van der Waals surface area contributed by atoms with Crippen LogP contribution in [0.25, 0.3) is 0 Å². The van der Waals surface area contributed by atoms with E-state index in [4.69, 9.17) is 0 Å². The standard InChI is InChI=1S/C16H24N2O/c1-2-17(13-15-9-5-3-6-10-15)14-16(19)18-11-7-4-8-12-18/h3,5-6,9-10H,2,4,7-8,11-14H2,1H3. The normalized spacial score (nSPS) is 15.8. The van der Waals surface area contributed by atoms with Gasteiger partial charge in [0.25, 0.3) is 0 Å². The SMILES string of the molecule is CCN(CC(=O)N1CCCCC1)Cc1ccccc1. The highest BCUT2D eigenvalue weighted by molar-refractivity contribution is 5.78. The number of likely N-dealkylation sites (N-methyl/N-ethyl adjacent to an activating group) is 1. The van der Waals surface area contributed by atoms with Crippen LogP contribution in [0.15, 0.2) is 30.3 Å². The van der Waals surface area contributed by atoms with Gasteiger partial charge in [0.15, 0.2) is 0 Å². The van der Waals surface area contributed by atoms with Crippen molar-refractivity contribution in [3.8, 4) is 0 Å². The van der Waals surface area contributed by atoms with E-state index in [0.29, 0.717) is 6.54 Å². The lowest BCUT2D eigenvalue weighted by Gasteiger charge is -2.29. The molecule has 0 spiro atoms. The Morgan fingerprint density at radius 2 is 1.84 bits per heavy atom. The molecule has 1 aliphatic rings. The maximum atomic E-state index is 12.2. The summed E-state index contributed by atoms with van der Waals surface area (Å²) in [6.45, 7) is 6.33. The lowest BCUT2D eigenvalue weighted by molar-refractivity contribution is -0.133. The molecular formula is C16H24N2O. The third-order valence-corrected chi connectivity index (χ3v) is 3.76. The zero-order valence-corrected chi connectivity index (χ0v) is 11.8. The Labute approximate surface area is 116 Å². The van der Waals surface area contributed by atoms with Crippen LogP contribution in [0.5, 0.6) is 0 Å². The fourth-order valence-electron chi connectivity index (χ4n) is 2.56.